The van der Waals surface area contributed by atoms with Crippen LogP contribution in [0.15, 0.2) is 54.6 Å². The third-order valence-corrected chi connectivity index (χ3v) is 4.13. The maximum Gasteiger partial charge on any atom is 0.221 e. The summed E-state index contributed by atoms with van der Waals surface area (Å²) in [6.07, 6.45) is 0. The predicted octanol–water partition coefficient (Wildman–Crippen LogP) is 3.75. The molecule has 4 aromatic rings. The molecule has 0 aliphatic heterocycles. The number of rotatable bonds is 2. The topological polar surface area (TPSA) is 59.8 Å². The molecule has 0 unspecified atom stereocenters. The van der Waals surface area contributed by atoms with Crippen LogP contribution in [-0.4, -0.2) is 20.7 Å². The fourth-order valence-corrected chi connectivity index (χ4v) is 3.04. The normalized spacial score (nSPS) is 11.1. The van der Waals surface area contributed by atoms with E-state index in [0.717, 1.165) is 38.9 Å². The van der Waals surface area contributed by atoms with Crippen molar-refractivity contribution in [2.24, 2.45) is 7.05 Å². The number of para-hydroxylation sites is 1. The van der Waals surface area contributed by atoms with Gasteiger partial charge in [-0.05, 0) is 24.3 Å². The van der Waals surface area contributed by atoms with Gasteiger partial charge in [-0.2, -0.15) is 0 Å². The quantitative estimate of drug-likeness (QED) is 0.613. The van der Waals surface area contributed by atoms with Gasteiger partial charge in [0.15, 0.2) is 5.65 Å². The van der Waals surface area contributed by atoms with Crippen molar-refractivity contribution in [1.82, 2.24) is 14.8 Å². The summed E-state index contributed by atoms with van der Waals surface area (Å²) in [4.78, 5) is 11.2. The molecule has 0 aliphatic carbocycles. The second-order valence-corrected chi connectivity index (χ2v) is 5.81. The number of hydrogen-bond acceptors (Lipinski definition) is 3. The second-order valence-electron chi connectivity index (χ2n) is 5.81. The van der Waals surface area contributed by atoms with Gasteiger partial charge in [-0.25, -0.2) is 0 Å². The Hall–Kier alpha value is -3.21. The van der Waals surface area contributed by atoms with E-state index in [1.54, 1.807) is 0 Å². The van der Waals surface area contributed by atoms with Gasteiger partial charge < -0.3 is 9.88 Å². The number of amides is 1. The van der Waals surface area contributed by atoms with Crippen molar-refractivity contribution in [3.05, 3.63) is 54.6 Å². The van der Waals surface area contributed by atoms with E-state index in [0.29, 0.717) is 0 Å². The fraction of sp³-hybridized carbons (Fsp3) is 0.105. The molecule has 0 spiro atoms. The number of aromatic nitrogens is 3. The summed E-state index contributed by atoms with van der Waals surface area (Å²) in [5.41, 5.74) is 4.44. The number of aryl methyl sites for hydroxylation is 1. The summed E-state index contributed by atoms with van der Waals surface area (Å²) in [6.45, 7) is 1.49. The molecule has 4 rings (SSSR count). The minimum absolute atomic E-state index is 0.0947. The van der Waals surface area contributed by atoms with Crippen molar-refractivity contribution in [1.29, 1.82) is 0 Å². The van der Waals surface area contributed by atoms with E-state index in [1.165, 1.54) is 6.92 Å². The molecule has 0 aliphatic rings. The highest BCUT2D eigenvalue weighted by Crippen LogP contribution is 2.29. The van der Waals surface area contributed by atoms with Crippen LogP contribution in [0.2, 0.25) is 0 Å². The van der Waals surface area contributed by atoms with Crippen LogP contribution in [0.1, 0.15) is 6.92 Å². The van der Waals surface area contributed by atoms with Crippen molar-refractivity contribution in [2.75, 3.05) is 5.32 Å². The van der Waals surface area contributed by atoms with Gasteiger partial charge >= 0.3 is 0 Å². The number of nitrogens with zero attached hydrogens (tertiary/aromatic N) is 3. The van der Waals surface area contributed by atoms with E-state index < -0.39 is 0 Å². The highest BCUT2D eigenvalue weighted by atomic mass is 16.1. The third-order valence-electron chi connectivity index (χ3n) is 4.13. The van der Waals surface area contributed by atoms with E-state index in [9.17, 15) is 4.79 Å². The predicted molar refractivity (Wildman–Crippen MR) is 95.8 cm³/mol. The molecule has 0 atom stereocenters. The Labute approximate surface area is 138 Å². The molecule has 5 nitrogen and oxygen atoms in total. The smallest absolute Gasteiger partial charge is 0.221 e. The zero-order chi connectivity index (χ0) is 16.7. The maximum atomic E-state index is 11.2. The Morgan fingerprint density at radius 1 is 1.00 bits per heavy atom. The van der Waals surface area contributed by atoms with Crippen LogP contribution in [0, 0.1) is 0 Å². The van der Waals surface area contributed by atoms with Crippen molar-refractivity contribution < 1.29 is 4.79 Å². The van der Waals surface area contributed by atoms with Gasteiger partial charge in [0, 0.05) is 36.0 Å². The zero-order valence-corrected chi connectivity index (χ0v) is 13.4. The first-order valence-electron chi connectivity index (χ1n) is 7.72. The van der Waals surface area contributed by atoms with Gasteiger partial charge in [0.2, 0.25) is 5.91 Å². The monoisotopic (exact) mass is 316 g/mol. The van der Waals surface area contributed by atoms with Crippen LogP contribution >= 0.6 is 0 Å². The lowest BCUT2D eigenvalue weighted by Crippen LogP contribution is -2.05. The number of nitrogens with one attached hydrogen (secondary N) is 1. The first-order chi connectivity index (χ1) is 11.6. The summed E-state index contributed by atoms with van der Waals surface area (Å²) in [7, 11) is 2.00. The van der Waals surface area contributed by atoms with Gasteiger partial charge in [-0.3, -0.25) is 4.79 Å². The Morgan fingerprint density at radius 3 is 2.67 bits per heavy atom. The molecule has 5 heteroatoms. The van der Waals surface area contributed by atoms with E-state index >= 15 is 0 Å². The van der Waals surface area contributed by atoms with Gasteiger partial charge in [0.1, 0.15) is 0 Å². The summed E-state index contributed by atoms with van der Waals surface area (Å²) in [5, 5.41) is 13.8. The number of anilines is 1. The Morgan fingerprint density at radius 2 is 1.83 bits per heavy atom. The fourth-order valence-electron chi connectivity index (χ4n) is 3.04. The largest absolute Gasteiger partial charge is 0.327 e. The summed E-state index contributed by atoms with van der Waals surface area (Å²) < 4.78 is 2.05. The van der Waals surface area contributed by atoms with Gasteiger partial charge in [-0.1, -0.05) is 30.3 Å². The van der Waals surface area contributed by atoms with Gasteiger partial charge in [0.05, 0.1) is 11.2 Å². The summed E-state index contributed by atoms with van der Waals surface area (Å²) >= 11 is 0. The zero-order valence-electron chi connectivity index (χ0n) is 13.4. The lowest BCUT2D eigenvalue weighted by molar-refractivity contribution is -0.114. The van der Waals surface area contributed by atoms with Crippen molar-refractivity contribution in [2.45, 2.75) is 6.92 Å². The third kappa shape index (κ3) is 2.31. The molecule has 24 heavy (non-hydrogen) atoms. The van der Waals surface area contributed by atoms with Crippen molar-refractivity contribution in [3.8, 4) is 11.3 Å². The Kier molecular flexibility index (Phi) is 3.27. The molecule has 0 saturated carbocycles. The van der Waals surface area contributed by atoms with Crippen molar-refractivity contribution in [3.63, 3.8) is 0 Å². The average Bonchev–Trinajstić information content (AvgIpc) is 2.87. The molecule has 2 aromatic heterocycles. The van der Waals surface area contributed by atoms with E-state index in [1.807, 2.05) is 43.4 Å². The standard InChI is InChI=1S/C19H16N4O/c1-12(24)20-14-7-5-6-13(10-14)17-11-16-15-8-3-4-9-18(15)23(2)19(16)22-21-17/h3-11H,1-2H3,(H,20,24). The molecule has 0 fully saturated rings. The first kappa shape index (κ1) is 14.4. The highest BCUT2D eigenvalue weighted by Gasteiger charge is 2.11. The maximum absolute atomic E-state index is 11.2. The summed E-state index contributed by atoms with van der Waals surface area (Å²) in [6, 6.07) is 17.9. The van der Waals surface area contributed by atoms with Crippen LogP contribution in [-0.2, 0) is 11.8 Å². The molecule has 0 saturated heterocycles. The van der Waals surface area contributed by atoms with Crippen LogP contribution in [0.25, 0.3) is 33.2 Å². The average molecular weight is 316 g/mol. The molecule has 0 bridgehead atoms. The number of carbonyl (C=O) groups is 1. The lowest BCUT2D eigenvalue weighted by atomic mass is 10.1. The van der Waals surface area contributed by atoms with Gasteiger partial charge in [0.25, 0.3) is 0 Å². The molecule has 0 radical (unpaired) electrons. The van der Waals surface area contributed by atoms with Crippen molar-refractivity contribution >= 4 is 33.5 Å². The summed E-state index contributed by atoms with van der Waals surface area (Å²) in [5.74, 6) is -0.0947. The Balaban J connectivity index is 1.89. The SMILES string of the molecule is CC(=O)Nc1cccc(-c2cc3c4ccccc4n(C)c3nn2)c1. The number of carbonyl (C=O) groups excluding carboxylic acids is 1. The second kappa shape index (κ2) is 5.45. The minimum atomic E-state index is -0.0947. The van der Waals surface area contributed by atoms with Crippen LogP contribution in [0.4, 0.5) is 5.69 Å². The molecular weight excluding hydrogens is 300 g/mol. The molecule has 2 aromatic carbocycles. The molecule has 118 valence electrons. The van der Waals surface area contributed by atoms with Crippen LogP contribution in [0.5, 0.6) is 0 Å². The molecule has 1 amide bonds. The molecule has 2 heterocycles. The number of benzene rings is 2. The first-order valence-corrected chi connectivity index (χ1v) is 7.72. The van der Waals surface area contributed by atoms with Crippen LogP contribution < -0.4 is 5.32 Å². The van der Waals surface area contributed by atoms with Crippen LogP contribution in [0.3, 0.4) is 0 Å². The van der Waals surface area contributed by atoms with E-state index in [2.05, 4.69) is 38.3 Å². The van der Waals surface area contributed by atoms with Gasteiger partial charge in [-0.15, -0.1) is 10.2 Å². The van der Waals surface area contributed by atoms with E-state index in [-0.39, 0.29) is 5.91 Å². The molecule has 1 N–H and O–H groups in total. The minimum Gasteiger partial charge on any atom is -0.327 e. The number of hydrogen-bond donors (Lipinski definition) is 1. The molecular formula is C19H16N4O. The lowest BCUT2D eigenvalue weighted by Gasteiger charge is -2.05. The Bertz CT molecular complexity index is 1080. The highest BCUT2D eigenvalue weighted by molar-refractivity contribution is 6.07. The van der Waals surface area contributed by atoms with E-state index in [4.69, 9.17) is 0 Å². The number of fused-ring (bicyclic) bond motifs is 3.